The monoisotopic (exact) mass is 270 g/mol. The van der Waals surface area contributed by atoms with Gasteiger partial charge in [0.15, 0.2) is 5.54 Å². The number of ether oxygens (including phenoxy) is 1. The number of hydrogen-bond acceptors (Lipinski definition) is 3. The Balaban J connectivity index is 2.15. The Morgan fingerprint density at radius 3 is 2.55 bits per heavy atom. The highest BCUT2D eigenvalue weighted by Gasteiger charge is 2.28. The van der Waals surface area contributed by atoms with Gasteiger partial charge in [0.2, 0.25) is 0 Å². The summed E-state index contributed by atoms with van der Waals surface area (Å²) in [6, 6.07) is 15.6. The van der Waals surface area contributed by atoms with E-state index in [1.54, 1.807) is 43.3 Å². The molecule has 20 heavy (non-hydrogen) atoms. The van der Waals surface area contributed by atoms with Crippen LogP contribution < -0.4 is 10.5 Å². The second kappa shape index (κ2) is 5.72. The van der Waals surface area contributed by atoms with Gasteiger partial charge in [-0.25, -0.2) is 4.39 Å². The third kappa shape index (κ3) is 2.95. The van der Waals surface area contributed by atoms with E-state index in [0.717, 1.165) is 0 Å². The van der Waals surface area contributed by atoms with Crippen LogP contribution in [0.2, 0.25) is 0 Å². The smallest absolute Gasteiger partial charge is 0.164 e. The van der Waals surface area contributed by atoms with Crippen molar-refractivity contribution in [3.8, 4) is 11.8 Å². The number of aryl methyl sites for hydroxylation is 1. The molecule has 0 aliphatic heterocycles. The molecule has 2 rings (SSSR count). The topological polar surface area (TPSA) is 59.0 Å². The summed E-state index contributed by atoms with van der Waals surface area (Å²) in [5, 5.41) is 9.29. The predicted octanol–water partition coefficient (Wildman–Crippen LogP) is 2.89. The Kier molecular flexibility index (Phi) is 4.02. The van der Waals surface area contributed by atoms with Gasteiger partial charge in [0.25, 0.3) is 0 Å². The van der Waals surface area contributed by atoms with Crippen molar-refractivity contribution in [2.24, 2.45) is 5.73 Å². The average molecular weight is 270 g/mol. The van der Waals surface area contributed by atoms with Gasteiger partial charge in [-0.2, -0.15) is 5.26 Å². The quantitative estimate of drug-likeness (QED) is 0.929. The summed E-state index contributed by atoms with van der Waals surface area (Å²) in [7, 11) is 0. The summed E-state index contributed by atoms with van der Waals surface area (Å²) in [5.74, 6) is 0.0101. The maximum absolute atomic E-state index is 13.4. The molecule has 2 N–H and O–H groups in total. The molecule has 1 atom stereocenters. The number of nitrogens with zero attached hydrogens (tertiary/aromatic N) is 1. The normalized spacial score (nSPS) is 13.3. The molecule has 4 heteroatoms. The molecule has 0 heterocycles. The molecule has 0 saturated carbocycles. The molecule has 0 radical (unpaired) electrons. The van der Waals surface area contributed by atoms with Crippen molar-refractivity contribution in [2.45, 2.75) is 12.5 Å². The Labute approximate surface area is 117 Å². The molecule has 0 amide bonds. The third-order valence-electron chi connectivity index (χ3n) is 3.10. The molecule has 2 aromatic rings. The van der Waals surface area contributed by atoms with Gasteiger partial charge in [-0.15, -0.1) is 0 Å². The first kappa shape index (κ1) is 14.0. The molecule has 0 aliphatic carbocycles. The highest BCUT2D eigenvalue weighted by Crippen LogP contribution is 2.21. The largest absolute Gasteiger partial charge is 0.490 e. The van der Waals surface area contributed by atoms with E-state index < -0.39 is 5.54 Å². The van der Waals surface area contributed by atoms with Crippen LogP contribution in [0.15, 0.2) is 48.5 Å². The van der Waals surface area contributed by atoms with Crippen molar-refractivity contribution in [1.82, 2.24) is 0 Å². The fraction of sp³-hybridized carbons (Fsp3) is 0.188. The second-order valence-corrected chi connectivity index (χ2v) is 4.65. The molecule has 2 aromatic carbocycles. The zero-order chi connectivity index (χ0) is 14.6. The van der Waals surface area contributed by atoms with Gasteiger partial charge in [0.05, 0.1) is 6.07 Å². The molecule has 102 valence electrons. The third-order valence-corrected chi connectivity index (χ3v) is 3.10. The van der Waals surface area contributed by atoms with Gasteiger partial charge in [-0.1, -0.05) is 36.4 Å². The Morgan fingerprint density at radius 1 is 1.25 bits per heavy atom. The summed E-state index contributed by atoms with van der Waals surface area (Å²) < 4.78 is 18.9. The summed E-state index contributed by atoms with van der Waals surface area (Å²) in [6.45, 7) is 1.63. The van der Waals surface area contributed by atoms with Crippen LogP contribution in [-0.2, 0) is 5.54 Å². The van der Waals surface area contributed by atoms with Gasteiger partial charge in [-0.3, -0.25) is 0 Å². The minimum absolute atomic E-state index is 0.0456. The molecule has 0 bridgehead atoms. The molecular weight excluding hydrogens is 255 g/mol. The molecule has 3 nitrogen and oxygen atoms in total. The van der Waals surface area contributed by atoms with Crippen LogP contribution in [0, 0.1) is 24.1 Å². The first-order valence-electron chi connectivity index (χ1n) is 6.20. The number of rotatable bonds is 4. The van der Waals surface area contributed by atoms with Gasteiger partial charge in [0.1, 0.15) is 18.2 Å². The lowest BCUT2D eigenvalue weighted by Gasteiger charge is -2.22. The minimum atomic E-state index is -1.26. The SMILES string of the molecule is Cc1ccc(OCC(N)(C#N)c2ccccc2)cc1F. The Morgan fingerprint density at radius 2 is 1.95 bits per heavy atom. The molecule has 0 aliphatic rings. The summed E-state index contributed by atoms with van der Waals surface area (Å²) in [4.78, 5) is 0. The molecular formula is C16H15FN2O. The number of nitriles is 1. The van der Waals surface area contributed by atoms with Crippen molar-refractivity contribution < 1.29 is 9.13 Å². The molecule has 1 unspecified atom stereocenters. The number of nitrogens with two attached hydrogens (primary N) is 1. The van der Waals surface area contributed by atoms with Crippen molar-refractivity contribution >= 4 is 0 Å². The van der Waals surface area contributed by atoms with Crippen LogP contribution in [0.4, 0.5) is 4.39 Å². The maximum Gasteiger partial charge on any atom is 0.164 e. The highest BCUT2D eigenvalue weighted by molar-refractivity contribution is 5.32. The second-order valence-electron chi connectivity index (χ2n) is 4.65. The van der Waals surface area contributed by atoms with Gasteiger partial charge in [-0.05, 0) is 24.1 Å². The highest BCUT2D eigenvalue weighted by atomic mass is 19.1. The van der Waals surface area contributed by atoms with Crippen LogP contribution in [0.5, 0.6) is 5.75 Å². The van der Waals surface area contributed by atoms with Crippen LogP contribution in [0.25, 0.3) is 0 Å². The standard InChI is InChI=1S/C16H15FN2O/c1-12-7-8-14(9-15(12)17)20-11-16(19,10-18)13-5-3-2-4-6-13/h2-9H,11,19H2,1H3. The Bertz CT molecular complexity index is 637. The molecule has 0 fully saturated rings. The molecule has 0 saturated heterocycles. The zero-order valence-electron chi connectivity index (χ0n) is 11.1. The summed E-state index contributed by atoms with van der Waals surface area (Å²) in [5.41, 5.74) is 6.00. The van der Waals surface area contributed by atoms with Gasteiger partial charge >= 0.3 is 0 Å². The van der Waals surface area contributed by atoms with Gasteiger partial charge in [0, 0.05) is 6.07 Å². The van der Waals surface area contributed by atoms with E-state index >= 15 is 0 Å². The fourth-order valence-electron chi connectivity index (χ4n) is 1.78. The van der Waals surface area contributed by atoms with E-state index in [1.807, 2.05) is 6.07 Å². The average Bonchev–Trinajstić information content (AvgIpc) is 2.49. The number of benzene rings is 2. The zero-order valence-corrected chi connectivity index (χ0v) is 11.1. The van der Waals surface area contributed by atoms with E-state index in [-0.39, 0.29) is 12.4 Å². The van der Waals surface area contributed by atoms with E-state index in [0.29, 0.717) is 16.9 Å². The van der Waals surface area contributed by atoms with E-state index in [2.05, 4.69) is 6.07 Å². The molecule has 0 spiro atoms. The molecule has 0 aromatic heterocycles. The number of hydrogen-bond donors (Lipinski definition) is 1. The van der Waals surface area contributed by atoms with Crippen molar-refractivity contribution in [1.29, 1.82) is 5.26 Å². The summed E-state index contributed by atoms with van der Waals surface area (Å²) in [6.07, 6.45) is 0. The van der Waals surface area contributed by atoms with Gasteiger partial charge < -0.3 is 10.5 Å². The van der Waals surface area contributed by atoms with Crippen molar-refractivity contribution in [3.63, 3.8) is 0 Å². The van der Waals surface area contributed by atoms with E-state index in [9.17, 15) is 9.65 Å². The van der Waals surface area contributed by atoms with Crippen molar-refractivity contribution in [2.75, 3.05) is 6.61 Å². The first-order chi connectivity index (χ1) is 9.55. The number of halogens is 1. The van der Waals surface area contributed by atoms with Crippen molar-refractivity contribution in [3.05, 3.63) is 65.5 Å². The fourth-order valence-corrected chi connectivity index (χ4v) is 1.78. The van der Waals surface area contributed by atoms with Crippen LogP contribution >= 0.6 is 0 Å². The van der Waals surface area contributed by atoms with E-state index in [4.69, 9.17) is 10.5 Å². The lowest BCUT2D eigenvalue weighted by molar-refractivity contribution is 0.254. The maximum atomic E-state index is 13.4. The minimum Gasteiger partial charge on any atom is -0.490 e. The predicted molar refractivity (Wildman–Crippen MR) is 74.6 cm³/mol. The first-order valence-corrected chi connectivity index (χ1v) is 6.20. The Hall–Kier alpha value is -2.38. The lowest BCUT2D eigenvalue weighted by Crippen LogP contribution is -2.41. The van der Waals surface area contributed by atoms with Crippen LogP contribution in [-0.4, -0.2) is 6.61 Å². The van der Waals surface area contributed by atoms with Crippen LogP contribution in [0.3, 0.4) is 0 Å². The summed E-state index contributed by atoms with van der Waals surface area (Å²) >= 11 is 0. The van der Waals surface area contributed by atoms with E-state index in [1.165, 1.54) is 6.07 Å². The lowest BCUT2D eigenvalue weighted by atomic mass is 9.94. The van der Waals surface area contributed by atoms with Crippen LogP contribution in [0.1, 0.15) is 11.1 Å².